The SMILES string of the molecule is Cn1nc(C2CC2(C)C)c(-c2cccc(Cl)c2)c1N. The molecule has 100 valence electrons. The summed E-state index contributed by atoms with van der Waals surface area (Å²) in [7, 11) is 1.89. The molecule has 0 saturated heterocycles. The van der Waals surface area contributed by atoms with Crippen LogP contribution in [-0.2, 0) is 7.05 Å². The van der Waals surface area contributed by atoms with E-state index in [1.54, 1.807) is 4.68 Å². The molecule has 2 N–H and O–H groups in total. The first-order valence-electron chi connectivity index (χ1n) is 6.48. The van der Waals surface area contributed by atoms with Crippen molar-refractivity contribution in [3.63, 3.8) is 0 Å². The number of nitrogens with zero attached hydrogens (tertiary/aromatic N) is 2. The summed E-state index contributed by atoms with van der Waals surface area (Å²) < 4.78 is 1.76. The summed E-state index contributed by atoms with van der Waals surface area (Å²) in [4.78, 5) is 0. The molecule has 3 nitrogen and oxygen atoms in total. The van der Waals surface area contributed by atoms with Crippen LogP contribution in [0.2, 0.25) is 5.02 Å². The van der Waals surface area contributed by atoms with Crippen molar-refractivity contribution in [3.8, 4) is 11.1 Å². The van der Waals surface area contributed by atoms with Gasteiger partial charge in [0.25, 0.3) is 0 Å². The lowest BCUT2D eigenvalue weighted by molar-refractivity contribution is 0.609. The molecule has 0 bridgehead atoms. The van der Waals surface area contributed by atoms with Crippen LogP contribution < -0.4 is 5.73 Å². The van der Waals surface area contributed by atoms with Gasteiger partial charge >= 0.3 is 0 Å². The summed E-state index contributed by atoms with van der Waals surface area (Å²) in [5, 5.41) is 5.35. The van der Waals surface area contributed by atoms with E-state index >= 15 is 0 Å². The quantitative estimate of drug-likeness (QED) is 0.905. The number of hydrogen-bond acceptors (Lipinski definition) is 2. The van der Waals surface area contributed by atoms with Gasteiger partial charge in [0.2, 0.25) is 0 Å². The Hall–Kier alpha value is -1.48. The van der Waals surface area contributed by atoms with E-state index in [0.717, 1.165) is 28.3 Å². The van der Waals surface area contributed by atoms with Gasteiger partial charge in [0.1, 0.15) is 5.82 Å². The van der Waals surface area contributed by atoms with E-state index in [0.29, 0.717) is 17.2 Å². The molecule has 1 saturated carbocycles. The largest absolute Gasteiger partial charge is 0.383 e. The standard InChI is InChI=1S/C15H18ClN3/c1-15(2)8-11(15)13-12(14(17)19(3)18-13)9-5-4-6-10(16)7-9/h4-7,11H,8,17H2,1-3H3. The first-order chi connectivity index (χ1) is 8.90. The highest BCUT2D eigenvalue weighted by Gasteiger charge is 2.49. The van der Waals surface area contributed by atoms with Gasteiger partial charge in [0, 0.05) is 23.6 Å². The van der Waals surface area contributed by atoms with Gasteiger partial charge in [-0.1, -0.05) is 37.6 Å². The van der Waals surface area contributed by atoms with Crippen LogP contribution in [-0.4, -0.2) is 9.78 Å². The van der Waals surface area contributed by atoms with Crippen LogP contribution in [0.25, 0.3) is 11.1 Å². The van der Waals surface area contributed by atoms with Crippen LogP contribution in [0.3, 0.4) is 0 Å². The molecule has 3 rings (SSSR count). The molecule has 1 aliphatic rings. The minimum Gasteiger partial charge on any atom is -0.383 e. The number of anilines is 1. The minimum absolute atomic E-state index is 0.327. The van der Waals surface area contributed by atoms with E-state index in [2.05, 4.69) is 18.9 Å². The molecule has 4 heteroatoms. The maximum Gasteiger partial charge on any atom is 0.129 e. The van der Waals surface area contributed by atoms with E-state index in [9.17, 15) is 0 Å². The maximum atomic E-state index is 6.20. The van der Waals surface area contributed by atoms with Crippen molar-refractivity contribution < 1.29 is 0 Å². The van der Waals surface area contributed by atoms with Crippen molar-refractivity contribution in [1.82, 2.24) is 9.78 Å². The fraction of sp³-hybridized carbons (Fsp3) is 0.400. The van der Waals surface area contributed by atoms with E-state index < -0.39 is 0 Å². The fourth-order valence-electron chi connectivity index (χ4n) is 2.68. The number of rotatable bonds is 2. The monoisotopic (exact) mass is 275 g/mol. The van der Waals surface area contributed by atoms with Crippen LogP contribution in [0.5, 0.6) is 0 Å². The Balaban J connectivity index is 2.15. The maximum absolute atomic E-state index is 6.20. The average molecular weight is 276 g/mol. The molecular formula is C15H18ClN3. The second kappa shape index (κ2) is 4.01. The van der Waals surface area contributed by atoms with E-state index in [-0.39, 0.29) is 0 Å². The lowest BCUT2D eigenvalue weighted by atomic mass is 9.99. The normalized spacial score (nSPS) is 20.5. The van der Waals surface area contributed by atoms with E-state index in [4.69, 9.17) is 17.3 Å². The highest BCUT2D eigenvalue weighted by Crippen LogP contribution is 2.60. The molecule has 1 fully saturated rings. The number of nitrogen functional groups attached to an aromatic ring is 1. The second-order valence-electron chi connectivity index (χ2n) is 6.02. The van der Waals surface area contributed by atoms with Gasteiger partial charge < -0.3 is 5.73 Å². The van der Waals surface area contributed by atoms with Gasteiger partial charge in [-0.15, -0.1) is 0 Å². The van der Waals surface area contributed by atoms with Gasteiger partial charge in [0.15, 0.2) is 0 Å². The van der Waals surface area contributed by atoms with Crippen molar-refractivity contribution in [1.29, 1.82) is 0 Å². The molecule has 0 aliphatic heterocycles. The third kappa shape index (κ3) is 2.02. The van der Waals surface area contributed by atoms with Crippen molar-refractivity contribution in [2.24, 2.45) is 12.5 Å². The highest BCUT2D eigenvalue weighted by molar-refractivity contribution is 6.30. The number of benzene rings is 1. The first kappa shape index (κ1) is 12.5. The Morgan fingerprint density at radius 2 is 2.11 bits per heavy atom. The predicted octanol–water partition coefficient (Wildman–Crippen LogP) is 3.84. The molecule has 0 spiro atoms. The van der Waals surface area contributed by atoms with Crippen molar-refractivity contribution in [3.05, 3.63) is 35.0 Å². The third-order valence-electron chi connectivity index (χ3n) is 4.08. The molecule has 1 unspecified atom stereocenters. The Kier molecular flexibility index (Phi) is 2.65. The lowest BCUT2D eigenvalue weighted by Crippen LogP contribution is -1.98. The Bertz CT molecular complexity index is 643. The van der Waals surface area contributed by atoms with Crippen molar-refractivity contribution in [2.45, 2.75) is 26.2 Å². The molecule has 1 heterocycles. The number of aryl methyl sites for hydroxylation is 1. The Morgan fingerprint density at radius 3 is 2.68 bits per heavy atom. The number of aromatic nitrogens is 2. The van der Waals surface area contributed by atoms with Crippen LogP contribution in [0.15, 0.2) is 24.3 Å². The smallest absolute Gasteiger partial charge is 0.129 e. The van der Waals surface area contributed by atoms with Crippen molar-refractivity contribution in [2.75, 3.05) is 5.73 Å². The fourth-order valence-corrected chi connectivity index (χ4v) is 2.87. The molecule has 0 radical (unpaired) electrons. The molecule has 1 aromatic heterocycles. The second-order valence-corrected chi connectivity index (χ2v) is 6.46. The van der Waals surface area contributed by atoms with Crippen LogP contribution >= 0.6 is 11.6 Å². The minimum atomic E-state index is 0.327. The zero-order valence-electron chi connectivity index (χ0n) is 11.4. The summed E-state index contributed by atoms with van der Waals surface area (Å²) >= 11 is 6.09. The average Bonchev–Trinajstić information content (AvgIpc) is 2.86. The van der Waals surface area contributed by atoms with Crippen molar-refractivity contribution >= 4 is 17.4 Å². The van der Waals surface area contributed by atoms with Crippen LogP contribution in [0.4, 0.5) is 5.82 Å². The molecule has 2 aromatic rings. The van der Waals surface area contributed by atoms with Gasteiger partial charge in [0.05, 0.1) is 5.69 Å². The third-order valence-corrected chi connectivity index (χ3v) is 4.31. The summed E-state index contributed by atoms with van der Waals surface area (Å²) in [6, 6.07) is 7.82. The molecular weight excluding hydrogens is 258 g/mol. The number of hydrogen-bond donors (Lipinski definition) is 1. The molecule has 0 amide bonds. The summed E-state index contributed by atoms with van der Waals surface area (Å²) in [5.41, 5.74) is 9.72. The van der Waals surface area contributed by atoms with Gasteiger partial charge in [-0.2, -0.15) is 5.10 Å². The zero-order valence-corrected chi connectivity index (χ0v) is 12.2. The zero-order chi connectivity index (χ0) is 13.8. The molecule has 19 heavy (non-hydrogen) atoms. The van der Waals surface area contributed by atoms with Gasteiger partial charge in [-0.3, -0.25) is 4.68 Å². The van der Waals surface area contributed by atoms with E-state index in [1.165, 1.54) is 0 Å². The lowest BCUT2D eigenvalue weighted by Gasteiger charge is -2.06. The first-order valence-corrected chi connectivity index (χ1v) is 6.86. The number of nitrogens with two attached hydrogens (primary N) is 1. The van der Waals surface area contributed by atoms with Crippen LogP contribution in [0.1, 0.15) is 31.9 Å². The summed E-state index contributed by atoms with van der Waals surface area (Å²) in [6.07, 6.45) is 1.16. The topological polar surface area (TPSA) is 43.8 Å². The molecule has 1 atom stereocenters. The summed E-state index contributed by atoms with van der Waals surface area (Å²) in [5.74, 6) is 1.20. The number of halogens is 1. The summed E-state index contributed by atoms with van der Waals surface area (Å²) in [6.45, 7) is 4.54. The Labute approximate surface area is 118 Å². The Morgan fingerprint density at radius 1 is 1.42 bits per heavy atom. The predicted molar refractivity (Wildman–Crippen MR) is 79.2 cm³/mol. The molecule has 1 aliphatic carbocycles. The van der Waals surface area contributed by atoms with Gasteiger partial charge in [-0.05, 0) is 29.5 Å². The van der Waals surface area contributed by atoms with Crippen LogP contribution in [0, 0.1) is 5.41 Å². The van der Waals surface area contributed by atoms with Gasteiger partial charge in [-0.25, -0.2) is 0 Å². The highest BCUT2D eigenvalue weighted by atomic mass is 35.5. The molecule has 1 aromatic carbocycles. The van der Waals surface area contributed by atoms with E-state index in [1.807, 2.05) is 31.3 Å².